The lowest BCUT2D eigenvalue weighted by molar-refractivity contribution is -0.161. The van der Waals surface area contributed by atoms with Crippen molar-refractivity contribution in [1.82, 2.24) is 0 Å². The number of aliphatic hydroxyl groups is 1. The molecule has 0 saturated heterocycles. The third kappa shape index (κ3) is 79.1. The van der Waals surface area contributed by atoms with E-state index in [0.717, 1.165) is 114 Å². The number of phosphoric ester groups is 2. The van der Waals surface area contributed by atoms with Gasteiger partial charge in [-0.05, 0) is 49.4 Å². The van der Waals surface area contributed by atoms with Gasteiger partial charge in [0.05, 0.1) is 26.4 Å². The molecule has 0 heterocycles. The first-order valence-electron chi connectivity index (χ1n) is 45.3. The average Bonchev–Trinajstić information content (AvgIpc) is 0.902. The lowest BCUT2D eigenvalue weighted by atomic mass is 9.99. The van der Waals surface area contributed by atoms with Gasteiger partial charge in [0.2, 0.25) is 0 Å². The van der Waals surface area contributed by atoms with Crippen LogP contribution in [0.5, 0.6) is 0 Å². The van der Waals surface area contributed by atoms with Gasteiger partial charge >= 0.3 is 39.5 Å². The van der Waals surface area contributed by atoms with E-state index in [1.54, 1.807) is 0 Å². The lowest BCUT2D eigenvalue weighted by Gasteiger charge is -2.21. The minimum absolute atomic E-state index is 0.107. The second-order valence-corrected chi connectivity index (χ2v) is 36.0. The molecule has 0 aliphatic heterocycles. The van der Waals surface area contributed by atoms with Crippen LogP contribution in [-0.2, 0) is 65.4 Å². The van der Waals surface area contributed by atoms with Crippen molar-refractivity contribution < 1.29 is 80.2 Å². The molecule has 5 unspecified atom stereocenters. The maximum Gasteiger partial charge on any atom is 0.472 e. The third-order valence-electron chi connectivity index (χ3n) is 21.3. The monoisotopic (exact) mass is 1560 g/mol. The predicted octanol–water partition coefficient (Wildman–Crippen LogP) is 26.7. The summed E-state index contributed by atoms with van der Waals surface area (Å²) in [5.74, 6) is 1.10. The van der Waals surface area contributed by atoms with E-state index >= 15 is 0 Å². The molecule has 0 spiro atoms. The largest absolute Gasteiger partial charge is 0.472 e. The SMILES string of the molecule is CCC(C)CCCCCCCCCCCCCCCCCCCCC(=O)O[C@H](COC(=O)CCCCCCCCCCCCC(C)C)COP(=O)(O)OCC(O)COP(=O)(O)OC[C@@H](COC(=O)CCCCCCCCCC(C)C)OC(=O)CCCCCCCCCCCCCCCCCCCCC(C)CC. The molecule has 0 aromatic carbocycles. The zero-order valence-electron chi connectivity index (χ0n) is 70.8. The van der Waals surface area contributed by atoms with E-state index in [4.69, 9.17) is 37.0 Å². The highest BCUT2D eigenvalue weighted by molar-refractivity contribution is 7.47. The van der Waals surface area contributed by atoms with Crippen LogP contribution in [-0.4, -0.2) is 96.7 Å². The fraction of sp³-hybridized carbons (Fsp3) is 0.955. The highest BCUT2D eigenvalue weighted by atomic mass is 31.2. The van der Waals surface area contributed by atoms with E-state index in [1.807, 2.05) is 0 Å². The van der Waals surface area contributed by atoms with Crippen molar-refractivity contribution >= 4 is 39.5 Å². The molecule has 7 atom stereocenters. The summed E-state index contributed by atoms with van der Waals surface area (Å²) in [7, 11) is -9.93. The summed E-state index contributed by atoms with van der Waals surface area (Å²) in [6.45, 7) is 14.4. The highest BCUT2D eigenvalue weighted by Crippen LogP contribution is 2.45. The Balaban J connectivity index is 5.17. The van der Waals surface area contributed by atoms with E-state index in [2.05, 4.69) is 55.4 Å². The molecular formula is C88H172O17P2. The Morgan fingerprint density at radius 1 is 0.262 bits per heavy atom. The number of hydrogen-bond acceptors (Lipinski definition) is 15. The van der Waals surface area contributed by atoms with Crippen LogP contribution in [0, 0.1) is 23.7 Å². The van der Waals surface area contributed by atoms with Crippen LogP contribution >= 0.6 is 15.6 Å². The van der Waals surface area contributed by atoms with Crippen LogP contribution in [0.1, 0.15) is 460 Å². The zero-order valence-corrected chi connectivity index (χ0v) is 72.6. The lowest BCUT2D eigenvalue weighted by Crippen LogP contribution is -2.30. The number of phosphoric acid groups is 2. The third-order valence-corrected chi connectivity index (χ3v) is 23.2. The van der Waals surface area contributed by atoms with E-state index in [-0.39, 0.29) is 25.7 Å². The standard InChI is InChI=1S/C88H172O17P2/c1-9-80(7)66-58-50-42-34-27-23-19-15-11-13-17-21-25-29-37-45-54-62-70-87(92)104-83(74-98-85(90)68-60-52-44-36-32-31-33-40-48-56-64-78(3)4)76-102-106(94,95)100-72-82(89)73-101-107(96,97)103-77-84(75-99-86(91)69-61-53-47-39-41-49-57-65-79(5)6)105-88(93)71-63-55-46-38-30-26-22-18-14-12-16-20-24-28-35-43-51-59-67-81(8)10-2/h78-84,89H,9-77H2,1-8H3,(H,94,95)(H,96,97)/t80?,81?,82?,83-,84-/m1/s1. The molecular weight excluding hydrogens is 1390 g/mol. The van der Waals surface area contributed by atoms with Gasteiger partial charge in [0.25, 0.3) is 0 Å². The molecule has 19 heteroatoms. The fourth-order valence-corrected chi connectivity index (χ4v) is 15.2. The van der Waals surface area contributed by atoms with Crippen molar-refractivity contribution in [2.45, 2.75) is 478 Å². The molecule has 0 aliphatic carbocycles. The molecule has 0 aromatic rings. The second-order valence-electron chi connectivity index (χ2n) is 33.1. The zero-order chi connectivity index (χ0) is 78.8. The summed E-state index contributed by atoms with van der Waals surface area (Å²) < 4.78 is 68.9. The number of rotatable bonds is 85. The normalized spacial score (nSPS) is 14.4. The Morgan fingerprint density at radius 3 is 0.664 bits per heavy atom. The van der Waals surface area contributed by atoms with Crippen molar-refractivity contribution in [2.24, 2.45) is 23.7 Å². The molecule has 0 radical (unpaired) electrons. The van der Waals surface area contributed by atoms with Gasteiger partial charge in [-0.25, -0.2) is 9.13 Å². The van der Waals surface area contributed by atoms with Crippen molar-refractivity contribution in [3.8, 4) is 0 Å². The van der Waals surface area contributed by atoms with Crippen molar-refractivity contribution in [2.75, 3.05) is 39.6 Å². The Hall–Kier alpha value is -1.94. The van der Waals surface area contributed by atoms with E-state index in [0.29, 0.717) is 31.6 Å². The number of carbonyl (C=O) groups is 4. The van der Waals surface area contributed by atoms with Gasteiger partial charge in [0.1, 0.15) is 19.3 Å². The van der Waals surface area contributed by atoms with Crippen LogP contribution in [0.4, 0.5) is 0 Å². The average molecular weight is 1560 g/mol. The molecule has 0 amide bonds. The highest BCUT2D eigenvalue weighted by Gasteiger charge is 2.31. The number of aliphatic hydroxyl groups excluding tert-OH is 1. The number of hydrogen-bond donors (Lipinski definition) is 3. The van der Waals surface area contributed by atoms with Crippen molar-refractivity contribution in [3.63, 3.8) is 0 Å². The predicted molar refractivity (Wildman–Crippen MR) is 441 cm³/mol. The Labute approximate surface area is 658 Å². The molecule has 107 heavy (non-hydrogen) atoms. The molecule has 0 saturated carbocycles. The number of ether oxygens (including phenoxy) is 4. The van der Waals surface area contributed by atoms with Gasteiger partial charge < -0.3 is 33.8 Å². The molecule has 0 bridgehead atoms. The second kappa shape index (κ2) is 76.7. The molecule has 17 nitrogen and oxygen atoms in total. The maximum absolute atomic E-state index is 13.1. The van der Waals surface area contributed by atoms with Gasteiger partial charge in [0.15, 0.2) is 12.2 Å². The Morgan fingerprint density at radius 2 is 0.449 bits per heavy atom. The van der Waals surface area contributed by atoms with Gasteiger partial charge in [-0.2, -0.15) is 0 Å². The first-order chi connectivity index (χ1) is 51.7. The van der Waals surface area contributed by atoms with Gasteiger partial charge in [-0.1, -0.05) is 409 Å². The summed E-state index contributed by atoms with van der Waals surface area (Å²) in [6, 6.07) is 0. The van der Waals surface area contributed by atoms with Crippen LogP contribution in [0.3, 0.4) is 0 Å². The van der Waals surface area contributed by atoms with Crippen LogP contribution < -0.4 is 0 Å². The summed E-state index contributed by atoms with van der Waals surface area (Å²) >= 11 is 0. The Kier molecular flexibility index (Phi) is 75.3. The molecule has 0 fully saturated rings. The maximum atomic E-state index is 13.1. The number of unbranched alkanes of at least 4 members (excludes halogenated alkanes) is 49. The van der Waals surface area contributed by atoms with Crippen LogP contribution in [0.15, 0.2) is 0 Å². The minimum atomic E-state index is -4.97. The summed E-state index contributed by atoms with van der Waals surface area (Å²) in [6.07, 6.45) is 66.8. The van der Waals surface area contributed by atoms with E-state index in [9.17, 15) is 43.2 Å². The molecule has 0 aromatic heterocycles. The van der Waals surface area contributed by atoms with Crippen LogP contribution in [0.25, 0.3) is 0 Å². The van der Waals surface area contributed by atoms with Gasteiger partial charge in [-0.3, -0.25) is 37.3 Å². The summed E-state index contributed by atoms with van der Waals surface area (Å²) in [4.78, 5) is 73.2. The topological polar surface area (TPSA) is 237 Å². The molecule has 3 N–H and O–H groups in total. The first-order valence-corrected chi connectivity index (χ1v) is 48.3. The van der Waals surface area contributed by atoms with E-state index < -0.39 is 97.5 Å². The van der Waals surface area contributed by atoms with Gasteiger partial charge in [0, 0.05) is 25.7 Å². The Bertz CT molecular complexity index is 2080. The van der Waals surface area contributed by atoms with Crippen molar-refractivity contribution in [3.05, 3.63) is 0 Å². The smallest absolute Gasteiger partial charge is 0.462 e. The first kappa shape index (κ1) is 105. The summed E-state index contributed by atoms with van der Waals surface area (Å²) in [5, 5.41) is 10.7. The van der Waals surface area contributed by atoms with Gasteiger partial charge in [-0.15, -0.1) is 0 Å². The number of esters is 4. The van der Waals surface area contributed by atoms with E-state index in [1.165, 1.54) is 257 Å². The molecule has 0 aliphatic rings. The van der Waals surface area contributed by atoms with Crippen molar-refractivity contribution in [1.29, 1.82) is 0 Å². The minimum Gasteiger partial charge on any atom is -0.462 e. The molecule has 636 valence electrons. The quantitative estimate of drug-likeness (QED) is 0.0222. The molecule has 0 rings (SSSR count). The fourth-order valence-electron chi connectivity index (χ4n) is 13.6. The number of carbonyl (C=O) groups excluding carboxylic acids is 4. The summed E-state index contributed by atoms with van der Waals surface area (Å²) in [5.41, 5.74) is 0. The van der Waals surface area contributed by atoms with Crippen LogP contribution in [0.2, 0.25) is 0 Å².